The second kappa shape index (κ2) is 7.20. The standard InChI is InChI=1S/C15H18Cl2N2O3/c1-18(2)15(21)12-4-3-7-19(12)14(20)9-22-13-8-10(16)5-6-11(13)17/h5-6,8,12H,3-4,7,9H2,1-2H3. The van der Waals surface area contributed by atoms with Crippen LogP contribution in [0.4, 0.5) is 0 Å². The minimum Gasteiger partial charge on any atom is -0.482 e. The first kappa shape index (κ1) is 16.9. The number of ether oxygens (including phenoxy) is 1. The Bertz CT molecular complexity index is 578. The maximum atomic E-state index is 12.3. The van der Waals surface area contributed by atoms with Crippen LogP contribution in [0.25, 0.3) is 0 Å². The van der Waals surface area contributed by atoms with E-state index in [2.05, 4.69) is 0 Å². The molecule has 1 unspecified atom stereocenters. The highest BCUT2D eigenvalue weighted by molar-refractivity contribution is 6.34. The average molecular weight is 345 g/mol. The zero-order chi connectivity index (χ0) is 16.3. The Hall–Kier alpha value is -1.46. The molecule has 1 atom stereocenters. The predicted octanol–water partition coefficient (Wildman–Crippen LogP) is 2.45. The minimum atomic E-state index is -0.402. The molecule has 0 aliphatic carbocycles. The molecule has 1 heterocycles. The minimum absolute atomic E-state index is 0.0633. The number of benzene rings is 1. The molecule has 7 heteroatoms. The Balaban J connectivity index is 1.99. The highest BCUT2D eigenvalue weighted by Gasteiger charge is 2.34. The smallest absolute Gasteiger partial charge is 0.261 e. The molecule has 0 saturated carbocycles. The lowest BCUT2D eigenvalue weighted by atomic mass is 10.2. The molecule has 0 aromatic heterocycles. The van der Waals surface area contributed by atoms with Gasteiger partial charge >= 0.3 is 0 Å². The number of hydrogen-bond acceptors (Lipinski definition) is 3. The molecular formula is C15H18Cl2N2O3. The van der Waals surface area contributed by atoms with Crippen molar-refractivity contribution in [1.82, 2.24) is 9.80 Å². The Labute approximate surface area is 139 Å². The molecule has 5 nitrogen and oxygen atoms in total. The normalized spacial score (nSPS) is 17.5. The van der Waals surface area contributed by atoms with Gasteiger partial charge in [-0.3, -0.25) is 9.59 Å². The number of carbonyl (C=O) groups excluding carboxylic acids is 2. The fourth-order valence-corrected chi connectivity index (χ4v) is 2.76. The maximum Gasteiger partial charge on any atom is 0.261 e. The summed E-state index contributed by atoms with van der Waals surface area (Å²) < 4.78 is 5.45. The highest BCUT2D eigenvalue weighted by atomic mass is 35.5. The van der Waals surface area contributed by atoms with Gasteiger partial charge in [0, 0.05) is 31.7 Å². The first-order chi connectivity index (χ1) is 10.4. The maximum absolute atomic E-state index is 12.3. The van der Waals surface area contributed by atoms with Gasteiger partial charge in [0.05, 0.1) is 5.02 Å². The molecule has 1 aromatic rings. The van der Waals surface area contributed by atoms with Gasteiger partial charge in [0.25, 0.3) is 5.91 Å². The van der Waals surface area contributed by atoms with Crippen molar-refractivity contribution in [2.24, 2.45) is 0 Å². The van der Waals surface area contributed by atoms with Gasteiger partial charge in [-0.15, -0.1) is 0 Å². The van der Waals surface area contributed by atoms with Crippen molar-refractivity contribution in [1.29, 1.82) is 0 Å². The lowest BCUT2D eigenvalue weighted by Gasteiger charge is -2.26. The Morgan fingerprint density at radius 1 is 1.36 bits per heavy atom. The molecule has 1 aromatic carbocycles. The fourth-order valence-electron chi connectivity index (χ4n) is 2.43. The molecule has 1 aliphatic heterocycles. The van der Waals surface area contributed by atoms with E-state index in [-0.39, 0.29) is 18.4 Å². The summed E-state index contributed by atoms with van der Waals surface area (Å²) in [4.78, 5) is 27.5. The van der Waals surface area contributed by atoms with E-state index in [0.29, 0.717) is 28.8 Å². The molecule has 0 bridgehead atoms. The quantitative estimate of drug-likeness (QED) is 0.842. The van der Waals surface area contributed by atoms with Crippen LogP contribution < -0.4 is 4.74 Å². The van der Waals surface area contributed by atoms with Gasteiger partial charge in [-0.2, -0.15) is 0 Å². The zero-order valence-electron chi connectivity index (χ0n) is 12.5. The number of hydrogen-bond donors (Lipinski definition) is 0. The van der Waals surface area contributed by atoms with Gasteiger partial charge in [0.1, 0.15) is 11.8 Å². The van der Waals surface area contributed by atoms with Gasteiger partial charge in [-0.25, -0.2) is 0 Å². The van der Waals surface area contributed by atoms with Crippen LogP contribution in [0.15, 0.2) is 18.2 Å². The van der Waals surface area contributed by atoms with Crippen molar-refractivity contribution in [2.45, 2.75) is 18.9 Å². The van der Waals surface area contributed by atoms with E-state index >= 15 is 0 Å². The summed E-state index contributed by atoms with van der Waals surface area (Å²) >= 11 is 11.9. The Morgan fingerprint density at radius 3 is 2.77 bits per heavy atom. The summed E-state index contributed by atoms with van der Waals surface area (Å²) in [6.07, 6.45) is 1.49. The fraction of sp³-hybridized carbons (Fsp3) is 0.467. The Kier molecular flexibility index (Phi) is 5.53. The molecule has 0 radical (unpaired) electrons. The largest absolute Gasteiger partial charge is 0.482 e. The number of likely N-dealkylation sites (tertiary alicyclic amines) is 1. The number of rotatable bonds is 4. The summed E-state index contributed by atoms with van der Waals surface area (Å²) in [6.45, 7) is 0.396. The van der Waals surface area contributed by atoms with E-state index in [9.17, 15) is 9.59 Å². The van der Waals surface area contributed by atoms with Gasteiger partial charge < -0.3 is 14.5 Å². The van der Waals surface area contributed by atoms with Crippen LogP contribution in [0.3, 0.4) is 0 Å². The van der Waals surface area contributed by atoms with Crippen LogP contribution in [-0.2, 0) is 9.59 Å². The van der Waals surface area contributed by atoms with Crippen molar-refractivity contribution < 1.29 is 14.3 Å². The third kappa shape index (κ3) is 3.84. The van der Waals surface area contributed by atoms with E-state index in [1.807, 2.05) is 0 Å². The highest BCUT2D eigenvalue weighted by Crippen LogP contribution is 2.28. The average Bonchev–Trinajstić information content (AvgIpc) is 2.96. The lowest BCUT2D eigenvalue weighted by Crippen LogP contribution is -2.46. The molecule has 2 amide bonds. The number of amides is 2. The monoisotopic (exact) mass is 344 g/mol. The molecule has 0 N–H and O–H groups in total. The van der Waals surface area contributed by atoms with Crippen LogP contribution in [-0.4, -0.2) is 54.9 Å². The van der Waals surface area contributed by atoms with Crippen molar-refractivity contribution in [3.63, 3.8) is 0 Å². The summed E-state index contributed by atoms with van der Waals surface area (Å²) in [7, 11) is 3.37. The van der Waals surface area contributed by atoms with Crippen molar-refractivity contribution in [2.75, 3.05) is 27.2 Å². The van der Waals surface area contributed by atoms with Gasteiger partial charge in [0.2, 0.25) is 5.91 Å². The molecule has 1 fully saturated rings. The molecular weight excluding hydrogens is 327 g/mol. The molecule has 0 spiro atoms. The molecule has 1 aliphatic rings. The van der Waals surface area contributed by atoms with Gasteiger partial charge in [0.15, 0.2) is 6.61 Å². The van der Waals surface area contributed by atoms with E-state index in [1.165, 1.54) is 4.90 Å². The SMILES string of the molecule is CN(C)C(=O)C1CCCN1C(=O)COc1cc(Cl)ccc1Cl. The molecule has 1 saturated heterocycles. The first-order valence-electron chi connectivity index (χ1n) is 6.98. The Morgan fingerprint density at radius 2 is 2.09 bits per heavy atom. The molecule has 22 heavy (non-hydrogen) atoms. The van der Waals surface area contributed by atoms with E-state index in [4.69, 9.17) is 27.9 Å². The van der Waals surface area contributed by atoms with Crippen LogP contribution in [0.5, 0.6) is 5.75 Å². The lowest BCUT2D eigenvalue weighted by molar-refractivity contribution is -0.143. The molecule has 2 rings (SSSR count). The van der Waals surface area contributed by atoms with Crippen molar-refractivity contribution >= 4 is 35.0 Å². The third-order valence-electron chi connectivity index (χ3n) is 3.54. The van der Waals surface area contributed by atoms with E-state index < -0.39 is 6.04 Å². The van der Waals surface area contributed by atoms with Crippen molar-refractivity contribution in [3.05, 3.63) is 28.2 Å². The van der Waals surface area contributed by atoms with Crippen LogP contribution in [0.1, 0.15) is 12.8 Å². The second-order valence-corrected chi connectivity index (χ2v) is 6.18. The number of nitrogens with zero attached hydrogens (tertiary/aromatic N) is 2. The van der Waals surface area contributed by atoms with Crippen LogP contribution in [0.2, 0.25) is 10.0 Å². The summed E-state index contributed by atoms with van der Waals surface area (Å²) in [6, 6.07) is 4.41. The topological polar surface area (TPSA) is 49.9 Å². The zero-order valence-corrected chi connectivity index (χ0v) is 14.0. The number of likely N-dealkylation sites (N-methyl/N-ethyl adjacent to an activating group) is 1. The van der Waals surface area contributed by atoms with E-state index in [1.54, 1.807) is 37.2 Å². The van der Waals surface area contributed by atoms with Crippen LogP contribution >= 0.6 is 23.2 Å². The predicted molar refractivity (Wildman–Crippen MR) is 85.4 cm³/mol. The molecule has 120 valence electrons. The third-order valence-corrected chi connectivity index (χ3v) is 4.09. The van der Waals surface area contributed by atoms with E-state index in [0.717, 1.165) is 6.42 Å². The second-order valence-electron chi connectivity index (χ2n) is 5.34. The summed E-state index contributed by atoms with van der Waals surface area (Å²) in [5.41, 5.74) is 0. The van der Waals surface area contributed by atoms with Crippen LogP contribution in [0, 0.1) is 0 Å². The number of halogens is 2. The summed E-state index contributed by atoms with van der Waals surface area (Å²) in [5, 5.41) is 0.869. The number of carbonyl (C=O) groups is 2. The summed E-state index contributed by atoms with van der Waals surface area (Å²) in [5.74, 6) is 0.0672. The first-order valence-corrected chi connectivity index (χ1v) is 7.74. The van der Waals surface area contributed by atoms with Gasteiger partial charge in [-0.05, 0) is 25.0 Å². The van der Waals surface area contributed by atoms with Crippen molar-refractivity contribution in [3.8, 4) is 5.75 Å². The van der Waals surface area contributed by atoms with Gasteiger partial charge in [-0.1, -0.05) is 23.2 Å².